The van der Waals surface area contributed by atoms with Crippen molar-refractivity contribution in [1.29, 1.82) is 0 Å². The van der Waals surface area contributed by atoms with Gasteiger partial charge >= 0.3 is 0 Å². The first-order chi connectivity index (χ1) is 47.1. The lowest BCUT2D eigenvalue weighted by atomic mass is 9.96. The molecule has 20 rings (SSSR count). The summed E-state index contributed by atoms with van der Waals surface area (Å²) in [6.45, 7) is 0. The van der Waals surface area contributed by atoms with E-state index < -0.39 is 0 Å². The molecular formula is C88H57BrN4O2. The summed E-state index contributed by atoms with van der Waals surface area (Å²) in [4.78, 5) is 2.42. The fourth-order valence-electron chi connectivity index (χ4n) is 14.6. The van der Waals surface area contributed by atoms with Gasteiger partial charge in [-0.1, -0.05) is 259 Å². The van der Waals surface area contributed by atoms with Crippen LogP contribution < -0.4 is 10.2 Å². The third-order valence-electron chi connectivity index (χ3n) is 18.6. The Hall–Kier alpha value is -12.2. The number of nitrogens with zero attached hydrogens (tertiary/aromatic N) is 3. The Morgan fingerprint density at radius 1 is 0.263 bits per heavy atom. The maximum Gasteiger partial charge on any atom is 0.135 e. The van der Waals surface area contributed by atoms with E-state index in [4.69, 9.17) is 8.83 Å². The standard InChI is InChI=1S/C44H28N2O.C32H22N2.C12H7BrO/c1-3-14-29(15-4-1)32-21-13-22-36-42-34-19-7-10-23-38(34)45(31-26-27-41-37(28-31)33-18-9-12-25-40(33)47-41)39-24-11-8-20-35(39)44(42)46(43(32)36)30-16-5-2-6-17-30;1-3-12-22(13-4-1)24-18-11-19-27-30-25-16-7-9-20-28(25)33-29-21-10-8-17-26(29)32(30)34(31(24)27)23-14-5-2-6-15-23;13-8-5-6-12-10(7-8)9-3-1-2-4-11(9)14-12/h1-28H;1-21,33H;1-7H. The fraction of sp³-hybridized carbons (Fsp3) is 0. The molecule has 0 amide bonds. The number of halogens is 1. The minimum Gasteiger partial charge on any atom is -0.456 e. The van der Waals surface area contributed by atoms with Gasteiger partial charge in [-0.25, -0.2) is 0 Å². The smallest absolute Gasteiger partial charge is 0.135 e. The lowest BCUT2D eigenvalue weighted by molar-refractivity contribution is 0.668. The third kappa shape index (κ3) is 9.38. The quantitative estimate of drug-likeness (QED) is 0.187. The van der Waals surface area contributed by atoms with Crippen molar-refractivity contribution >= 4 is 110 Å². The van der Waals surface area contributed by atoms with Gasteiger partial charge in [-0.3, -0.25) is 0 Å². The van der Waals surface area contributed by atoms with E-state index in [-0.39, 0.29) is 0 Å². The third-order valence-corrected chi connectivity index (χ3v) is 19.1. The number of benzene rings is 14. The Morgan fingerprint density at radius 2 is 0.653 bits per heavy atom. The van der Waals surface area contributed by atoms with E-state index in [0.29, 0.717) is 0 Å². The molecule has 95 heavy (non-hydrogen) atoms. The van der Waals surface area contributed by atoms with Crippen molar-refractivity contribution in [2.24, 2.45) is 0 Å². The number of hydrogen-bond donors (Lipinski definition) is 1. The molecule has 0 spiro atoms. The molecule has 0 fully saturated rings. The van der Waals surface area contributed by atoms with Crippen LogP contribution >= 0.6 is 15.9 Å². The molecular weight excluding hydrogens is 1220 g/mol. The predicted molar refractivity (Wildman–Crippen MR) is 399 cm³/mol. The molecule has 7 heteroatoms. The van der Waals surface area contributed by atoms with Crippen LogP contribution in [-0.2, 0) is 0 Å². The summed E-state index contributed by atoms with van der Waals surface area (Å²) >= 11 is 3.46. The monoisotopic (exact) mass is 1280 g/mol. The zero-order chi connectivity index (χ0) is 62.9. The number of fused-ring (bicyclic) bond motifs is 20. The van der Waals surface area contributed by atoms with Gasteiger partial charge < -0.3 is 28.2 Å². The van der Waals surface area contributed by atoms with Crippen LogP contribution in [0.25, 0.3) is 144 Å². The van der Waals surface area contributed by atoms with Crippen LogP contribution in [0.2, 0.25) is 0 Å². The normalized spacial score (nSPS) is 11.9. The number of furan rings is 2. The zero-order valence-electron chi connectivity index (χ0n) is 51.4. The molecule has 0 bridgehead atoms. The fourth-order valence-corrected chi connectivity index (χ4v) is 14.9. The molecule has 448 valence electrons. The molecule has 2 aliphatic heterocycles. The average molecular weight is 1280 g/mol. The van der Waals surface area contributed by atoms with Gasteiger partial charge in [-0.05, 0) is 108 Å². The van der Waals surface area contributed by atoms with Gasteiger partial charge in [0.2, 0.25) is 0 Å². The highest BCUT2D eigenvalue weighted by Crippen LogP contribution is 2.57. The van der Waals surface area contributed by atoms with Crippen molar-refractivity contribution in [3.8, 4) is 78.4 Å². The van der Waals surface area contributed by atoms with E-state index >= 15 is 0 Å². The molecule has 6 nitrogen and oxygen atoms in total. The number of hydrogen-bond acceptors (Lipinski definition) is 4. The summed E-state index contributed by atoms with van der Waals surface area (Å²) < 4.78 is 17.9. The first-order valence-electron chi connectivity index (χ1n) is 32.1. The lowest BCUT2D eigenvalue weighted by Crippen LogP contribution is -2.11. The number of anilines is 5. The Bertz CT molecular complexity index is 5970. The first kappa shape index (κ1) is 55.7. The van der Waals surface area contributed by atoms with Crippen molar-refractivity contribution < 1.29 is 8.83 Å². The number of nitrogens with one attached hydrogen (secondary N) is 1. The second-order valence-corrected chi connectivity index (χ2v) is 24.9. The van der Waals surface area contributed by atoms with E-state index in [1.807, 2.05) is 42.5 Å². The second-order valence-electron chi connectivity index (χ2n) is 24.0. The van der Waals surface area contributed by atoms with Gasteiger partial charge in [-0.15, -0.1) is 0 Å². The van der Waals surface area contributed by atoms with Crippen LogP contribution in [0.5, 0.6) is 0 Å². The van der Waals surface area contributed by atoms with Crippen LogP contribution in [0.1, 0.15) is 0 Å². The number of rotatable bonds is 5. The van der Waals surface area contributed by atoms with Gasteiger partial charge in [0.05, 0.1) is 33.8 Å². The maximum absolute atomic E-state index is 6.24. The Kier molecular flexibility index (Phi) is 13.6. The number of para-hydroxylation sites is 10. The molecule has 0 radical (unpaired) electrons. The van der Waals surface area contributed by atoms with Gasteiger partial charge in [0, 0.05) is 110 Å². The largest absolute Gasteiger partial charge is 0.456 e. The molecule has 18 aromatic rings. The minimum atomic E-state index is 0.893. The summed E-state index contributed by atoms with van der Waals surface area (Å²) in [7, 11) is 0. The maximum atomic E-state index is 6.24. The molecule has 4 aromatic heterocycles. The van der Waals surface area contributed by atoms with Crippen molar-refractivity contribution in [3.63, 3.8) is 0 Å². The van der Waals surface area contributed by atoms with Crippen LogP contribution in [0.3, 0.4) is 0 Å². The molecule has 0 atom stereocenters. The van der Waals surface area contributed by atoms with E-state index in [2.05, 4.69) is 333 Å². The van der Waals surface area contributed by atoms with Crippen molar-refractivity contribution in [1.82, 2.24) is 9.13 Å². The van der Waals surface area contributed by atoms with Crippen LogP contribution in [0.4, 0.5) is 28.4 Å². The van der Waals surface area contributed by atoms with Crippen LogP contribution in [0.15, 0.2) is 353 Å². The highest BCUT2D eigenvalue weighted by Gasteiger charge is 2.33. The molecule has 0 aliphatic carbocycles. The van der Waals surface area contributed by atoms with Crippen molar-refractivity contribution in [3.05, 3.63) is 344 Å². The van der Waals surface area contributed by atoms with E-state index in [9.17, 15) is 0 Å². The Labute approximate surface area is 557 Å². The summed E-state index contributed by atoms with van der Waals surface area (Å²) in [5, 5.41) is 10.8. The predicted octanol–water partition coefficient (Wildman–Crippen LogP) is 25.4. The van der Waals surface area contributed by atoms with Crippen molar-refractivity contribution in [2.75, 3.05) is 10.2 Å². The summed E-state index contributed by atoms with van der Waals surface area (Å²) in [5.41, 5.74) is 28.6. The zero-order valence-corrected chi connectivity index (χ0v) is 53.0. The Morgan fingerprint density at radius 3 is 1.23 bits per heavy atom. The molecule has 0 saturated heterocycles. The molecule has 2 aliphatic rings. The molecule has 1 N–H and O–H groups in total. The number of aromatic nitrogens is 2. The highest BCUT2D eigenvalue weighted by molar-refractivity contribution is 9.10. The van der Waals surface area contributed by atoms with Gasteiger partial charge in [-0.2, -0.15) is 0 Å². The first-order valence-corrected chi connectivity index (χ1v) is 32.9. The Balaban J connectivity index is 0.000000119. The van der Waals surface area contributed by atoms with Crippen LogP contribution in [0, 0.1) is 0 Å². The van der Waals surface area contributed by atoms with Gasteiger partial charge in [0.1, 0.15) is 22.3 Å². The molecule has 0 unspecified atom stereocenters. The molecule has 6 heterocycles. The van der Waals surface area contributed by atoms with Crippen molar-refractivity contribution in [2.45, 2.75) is 0 Å². The van der Waals surface area contributed by atoms with Crippen LogP contribution in [-0.4, -0.2) is 9.13 Å². The van der Waals surface area contributed by atoms with E-state index in [0.717, 1.165) is 82.8 Å². The second kappa shape index (κ2) is 23.2. The topological polar surface area (TPSA) is 51.4 Å². The van der Waals surface area contributed by atoms with E-state index in [1.165, 1.54) is 94.2 Å². The molecule has 14 aromatic carbocycles. The molecule has 0 saturated carbocycles. The summed E-state index contributed by atoms with van der Waals surface area (Å²) in [5.74, 6) is 0. The highest BCUT2D eigenvalue weighted by atomic mass is 79.9. The average Bonchev–Trinajstić information content (AvgIpc) is 1.60. The van der Waals surface area contributed by atoms with Gasteiger partial charge in [0.25, 0.3) is 0 Å². The summed E-state index contributed by atoms with van der Waals surface area (Å²) in [6, 6.07) is 120. The summed E-state index contributed by atoms with van der Waals surface area (Å²) in [6.07, 6.45) is 0. The van der Waals surface area contributed by atoms with E-state index in [1.54, 1.807) is 0 Å². The van der Waals surface area contributed by atoms with Gasteiger partial charge in [0.15, 0.2) is 0 Å². The lowest BCUT2D eigenvalue weighted by Gasteiger charge is -2.27. The minimum absolute atomic E-state index is 0.893. The SMILES string of the molecule is Brc1ccc2oc3ccccc3c2c1.c1ccc(-c2cccc3c4c(n(-c5ccccc5)c23)-c2ccccc2N(c2ccc3oc5ccccc5c3c2)c2ccccc2-4)cc1.c1ccc(-c2cccc3c4c(n(-c5ccccc5)c23)-c2ccccc2Nc2ccccc2-4)cc1.